The van der Waals surface area contributed by atoms with Crippen LogP contribution in [0.4, 0.5) is 5.69 Å². The lowest BCUT2D eigenvalue weighted by Crippen LogP contribution is -2.42. The van der Waals surface area contributed by atoms with Crippen molar-refractivity contribution in [2.45, 2.75) is 19.4 Å². The molecule has 2 atom stereocenters. The van der Waals surface area contributed by atoms with Gasteiger partial charge in [-0.1, -0.05) is 19.1 Å². The molecule has 1 heterocycles. The molecule has 1 aromatic rings. The molecule has 1 aromatic carbocycles. The van der Waals surface area contributed by atoms with E-state index in [0.717, 1.165) is 24.0 Å². The molecule has 0 radical (unpaired) electrons. The molecule has 0 aliphatic carbocycles. The van der Waals surface area contributed by atoms with Crippen LogP contribution in [-0.4, -0.2) is 38.6 Å². The summed E-state index contributed by atoms with van der Waals surface area (Å²) in [5.41, 5.74) is 1.20. The molecule has 0 aromatic heterocycles. The second-order valence-corrected chi connectivity index (χ2v) is 6.20. The van der Waals surface area contributed by atoms with E-state index in [0.29, 0.717) is 6.54 Å². The minimum absolute atomic E-state index is 0.0116. The number of amides is 1. The van der Waals surface area contributed by atoms with Gasteiger partial charge in [0.2, 0.25) is 5.91 Å². The van der Waals surface area contributed by atoms with Gasteiger partial charge in [-0.25, -0.2) is 0 Å². The maximum absolute atomic E-state index is 12.0. The zero-order chi connectivity index (χ0) is 14.5. The number of hydrogen-bond donors (Lipinski definition) is 2. The van der Waals surface area contributed by atoms with Crippen molar-refractivity contribution in [1.29, 1.82) is 0 Å². The molecule has 1 amide bonds. The van der Waals surface area contributed by atoms with Gasteiger partial charge in [-0.05, 0) is 41.5 Å². The molecule has 1 fully saturated rings. The van der Waals surface area contributed by atoms with E-state index in [9.17, 15) is 4.79 Å². The van der Waals surface area contributed by atoms with Crippen molar-refractivity contribution < 1.29 is 4.79 Å². The number of para-hydroxylation sites is 1. The van der Waals surface area contributed by atoms with Crippen LogP contribution in [0.5, 0.6) is 0 Å². The Bertz CT molecular complexity index is 466. The number of halogens is 1. The number of nitrogens with zero attached hydrogens (tertiary/aromatic N) is 1. The van der Waals surface area contributed by atoms with Crippen LogP contribution in [0.1, 0.15) is 13.3 Å². The maximum atomic E-state index is 12.0. The summed E-state index contributed by atoms with van der Waals surface area (Å²) in [5.74, 6) is 0.149. The van der Waals surface area contributed by atoms with E-state index in [1.165, 1.54) is 5.69 Å². The third-order valence-corrected chi connectivity index (χ3v) is 4.36. The Kier molecular flexibility index (Phi) is 5.43. The van der Waals surface area contributed by atoms with E-state index >= 15 is 0 Å². The molecule has 2 N–H and O–H groups in total. The van der Waals surface area contributed by atoms with Crippen molar-refractivity contribution in [2.24, 2.45) is 5.92 Å². The second kappa shape index (κ2) is 7.09. The molecule has 0 spiro atoms. The number of rotatable bonds is 5. The molecule has 1 aliphatic rings. The van der Waals surface area contributed by atoms with Crippen LogP contribution in [0.15, 0.2) is 28.7 Å². The fourth-order valence-electron chi connectivity index (χ4n) is 2.55. The van der Waals surface area contributed by atoms with Gasteiger partial charge in [-0.15, -0.1) is 0 Å². The van der Waals surface area contributed by atoms with E-state index in [1.54, 1.807) is 0 Å². The van der Waals surface area contributed by atoms with E-state index in [-0.39, 0.29) is 17.9 Å². The summed E-state index contributed by atoms with van der Waals surface area (Å²) < 4.78 is 1.11. The monoisotopic (exact) mass is 339 g/mol. The van der Waals surface area contributed by atoms with E-state index < -0.39 is 0 Å². The quantitative estimate of drug-likeness (QED) is 0.862. The van der Waals surface area contributed by atoms with E-state index in [2.05, 4.69) is 43.6 Å². The number of benzene rings is 1. The molecule has 0 saturated carbocycles. The fourth-order valence-corrected chi connectivity index (χ4v) is 3.08. The number of anilines is 1. The van der Waals surface area contributed by atoms with Gasteiger partial charge in [0.05, 0.1) is 5.69 Å². The van der Waals surface area contributed by atoms with Crippen molar-refractivity contribution in [3.8, 4) is 0 Å². The number of carbonyl (C=O) groups excluding carboxylic acids is 1. The van der Waals surface area contributed by atoms with Crippen molar-refractivity contribution in [3.63, 3.8) is 0 Å². The zero-order valence-electron chi connectivity index (χ0n) is 12.0. The SMILES string of the molecule is CNCC(C)C(=O)NC1CCN(c2ccccc2Br)C1. The first-order valence-corrected chi connectivity index (χ1v) is 7.85. The first-order valence-electron chi connectivity index (χ1n) is 7.06. The van der Waals surface area contributed by atoms with Crippen LogP contribution >= 0.6 is 15.9 Å². The van der Waals surface area contributed by atoms with Gasteiger partial charge in [-0.2, -0.15) is 0 Å². The van der Waals surface area contributed by atoms with Crippen molar-refractivity contribution in [3.05, 3.63) is 28.7 Å². The lowest BCUT2D eigenvalue weighted by Gasteiger charge is -2.21. The Hall–Kier alpha value is -1.07. The highest BCUT2D eigenvalue weighted by Crippen LogP contribution is 2.28. The number of hydrogen-bond acceptors (Lipinski definition) is 3. The molecular weight excluding hydrogens is 318 g/mol. The van der Waals surface area contributed by atoms with Gasteiger partial charge in [0.25, 0.3) is 0 Å². The number of nitrogens with one attached hydrogen (secondary N) is 2. The topological polar surface area (TPSA) is 44.4 Å². The van der Waals surface area contributed by atoms with Crippen molar-refractivity contribution in [1.82, 2.24) is 10.6 Å². The maximum Gasteiger partial charge on any atom is 0.224 e. The summed E-state index contributed by atoms with van der Waals surface area (Å²) in [5, 5.41) is 6.18. The van der Waals surface area contributed by atoms with Gasteiger partial charge >= 0.3 is 0 Å². The predicted molar refractivity (Wildman–Crippen MR) is 86.0 cm³/mol. The number of carbonyl (C=O) groups is 1. The van der Waals surface area contributed by atoms with Crippen molar-refractivity contribution in [2.75, 3.05) is 31.6 Å². The molecule has 2 rings (SSSR count). The average Bonchev–Trinajstić information content (AvgIpc) is 2.87. The lowest BCUT2D eigenvalue weighted by molar-refractivity contribution is -0.124. The third kappa shape index (κ3) is 3.73. The molecule has 4 nitrogen and oxygen atoms in total. The Balaban J connectivity index is 1.90. The van der Waals surface area contributed by atoms with Crippen LogP contribution in [0, 0.1) is 5.92 Å². The molecule has 20 heavy (non-hydrogen) atoms. The van der Waals surface area contributed by atoms with Gasteiger partial charge in [-0.3, -0.25) is 4.79 Å². The summed E-state index contributed by atoms with van der Waals surface area (Å²) >= 11 is 3.58. The largest absolute Gasteiger partial charge is 0.368 e. The minimum atomic E-state index is 0.0116. The molecule has 1 aliphatic heterocycles. The summed E-state index contributed by atoms with van der Waals surface area (Å²) in [6.07, 6.45) is 0.999. The zero-order valence-corrected chi connectivity index (χ0v) is 13.6. The summed E-state index contributed by atoms with van der Waals surface area (Å²) in [4.78, 5) is 14.3. The highest BCUT2D eigenvalue weighted by molar-refractivity contribution is 9.10. The molecular formula is C15H22BrN3O. The van der Waals surface area contributed by atoms with Gasteiger partial charge in [0.1, 0.15) is 0 Å². The van der Waals surface area contributed by atoms with Gasteiger partial charge < -0.3 is 15.5 Å². The predicted octanol–water partition coefficient (Wildman–Crippen LogP) is 2.00. The Labute approximate surface area is 129 Å². The third-order valence-electron chi connectivity index (χ3n) is 3.69. The summed E-state index contributed by atoms with van der Waals surface area (Å²) in [6, 6.07) is 8.46. The second-order valence-electron chi connectivity index (χ2n) is 5.35. The smallest absolute Gasteiger partial charge is 0.224 e. The summed E-state index contributed by atoms with van der Waals surface area (Å²) in [6.45, 7) is 4.52. The van der Waals surface area contributed by atoms with Crippen LogP contribution < -0.4 is 15.5 Å². The van der Waals surface area contributed by atoms with Crippen LogP contribution in [-0.2, 0) is 4.79 Å². The molecule has 0 bridgehead atoms. The summed E-state index contributed by atoms with van der Waals surface area (Å²) in [7, 11) is 1.87. The standard InChI is InChI=1S/C15H22BrN3O/c1-11(9-17-2)15(20)18-12-7-8-19(10-12)14-6-4-3-5-13(14)16/h3-6,11-12,17H,7-10H2,1-2H3,(H,18,20). The normalized spacial score (nSPS) is 19.9. The molecule has 1 saturated heterocycles. The minimum Gasteiger partial charge on any atom is -0.368 e. The Morgan fingerprint density at radius 3 is 2.95 bits per heavy atom. The first kappa shape index (κ1) is 15.3. The van der Waals surface area contributed by atoms with E-state index in [1.807, 2.05) is 26.1 Å². The fraction of sp³-hybridized carbons (Fsp3) is 0.533. The van der Waals surface area contributed by atoms with Gasteiger partial charge in [0.15, 0.2) is 0 Å². The van der Waals surface area contributed by atoms with Crippen molar-refractivity contribution >= 4 is 27.5 Å². The highest BCUT2D eigenvalue weighted by atomic mass is 79.9. The van der Waals surface area contributed by atoms with Crippen LogP contribution in [0.2, 0.25) is 0 Å². The average molecular weight is 340 g/mol. The Morgan fingerprint density at radius 1 is 1.50 bits per heavy atom. The Morgan fingerprint density at radius 2 is 2.25 bits per heavy atom. The lowest BCUT2D eigenvalue weighted by atomic mass is 10.1. The highest BCUT2D eigenvalue weighted by Gasteiger charge is 2.26. The van der Waals surface area contributed by atoms with Gasteiger partial charge in [0, 0.05) is 36.1 Å². The van der Waals surface area contributed by atoms with Crippen LogP contribution in [0.25, 0.3) is 0 Å². The molecule has 2 unspecified atom stereocenters. The van der Waals surface area contributed by atoms with E-state index in [4.69, 9.17) is 0 Å². The van der Waals surface area contributed by atoms with Crippen LogP contribution in [0.3, 0.4) is 0 Å². The first-order chi connectivity index (χ1) is 9.61. The molecule has 5 heteroatoms. The molecule has 110 valence electrons.